The molecule has 0 spiro atoms. The van der Waals surface area contributed by atoms with Gasteiger partial charge < -0.3 is 14.6 Å². The van der Waals surface area contributed by atoms with E-state index in [4.69, 9.17) is 9.47 Å². The van der Waals surface area contributed by atoms with Crippen LogP contribution in [0.15, 0.2) is 36.4 Å². The molecule has 2 aromatic rings. The van der Waals surface area contributed by atoms with Gasteiger partial charge in [0.25, 0.3) is 0 Å². The Kier molecular flexibility index (Phi) is 6.34. The molecule has 1 saturated heterocycles. The van der Waals surface area contributed by atoms with E-state index in [0.29, 0.717) is 18.8 Å². The Labute approximate surface area is 160 Å². The fraction of sp³-hybridized carbons (Fsp3) is 0.455. The van der Waals surface area contributed by atoms with Gasteiger partial charge in [-0.15, -0.1) is 0 Å². The van der Waals surface area contributed by atoms with Crippen molar-refractivity contribution in [3.8, 4) is 11.5 Å². The number of β-amino-alcohol motifs (C(OH)–C–C–N with tert-alkyl or cyclic N) is 1. The van der Waals surface area contributed by atoms with E-state index in [1.54, 1.807) is 0 Å². The number of rotatable bonds is 7. The first-order chi connectivity index (χ1) is 13.0. The Hall–Kier alpha value is -2.11. The largest absolute Gasteiger partial charge is 0.491 e. The van der Waals surface area contributed by atoms with E-state index in [2.05, 4.69) is 25.7 Å². The van der Waals surface area contributed by atoms with Crippen molar-refractivity contribution in [3.63, 3.8) is 0 Å². The minimum absolute atomic E-state index is 0.0780. The van der Waals surface area contributed by atoms with Crippen molar-refractivity contribution >= 4 is 0 Å². The fourth-order valence-corrected chi connectivity index (χ4v) is 3.42. The van der Waals surface area contributed by atoms with Crippen LogP contribution >= 0.6 is 0 Å². The normalized spacial score (nSPS) is 20.0. The third-order valence-electron chi connectivity index (χ3n) is 5.18. The van der Waals surface area contributed by atoms with Gasteiger partial charge in [0.15, 0.2) is 0 Å². The van der Waals surface area contributed by atoms with E-state index in [9.17, 15) is 9.50 Å². The van der Waals surface area contributed by atoms with Gasteiger partial charge in [-0.05, 0) is 67.3 Å². The molecule has 2 atom stereocenters. The third kappa shape index (κ3) is 4.99. The highest BCUT2D eigenvalue weighted by Gasteiger charge is 2.33. The van der Waals surface area contributed by atoms with Crippen molar-refractivity contribution < 1.29 is 19.0 Å². The van der Waals surface area contributed by atoms with Crippen LogP contribution in [0.5, 0.6) is 11.5 Å². The Morgan fingerprint density at radius 2 is 1.70 bits per heavy atom. The summed E-state index contributed by atoms with van der Waals surface area (Å²) >= 11 is 0. The molecule has 1 N–H and O–H groups in total. The van der Waals surface area contributed by atoms with Gasteiger partial charge in [-0.25, -0.2) is 4.39 Å². The number of benzene rings is 2. The highest BCUT2D eigenvalue weighted by atomic mass is 19.1. The lowest BCUT2D eigenvalue weighted by Crippen LogP contribution is -2.30. The van der Waals surface area contributed by atoms with Gasteiger partial charge in [0, 0.05) is 19.6 Å². The number of aliphatic hydroxyl groups is 1. The average Bonchev–Trinajstić information content (AvgIpc) is 2.98. The highest BCUT2D eigenvalue weighted by molar-refractivity contribution is 5.40. The minimum atomic E-state index is -0.515. The van der Waals surface area contributed by atoms with Crippen LogP contribution in [0.4, 0.5) is 4.39 Å². The number of alkyl halides is 1. The quantitative estimate of drug-likeness (QED) is 0.805. The van der Waals surface area contributed by atoms with Gasteiger partial charge in [0.1, 0.15) is 37.0 Å². The second kappa shape index (κ2) is 8.72. The Morgan fingerprint density at radius 3 is 2.33 bits per heavy atom. The van der Waals surface area contributed by atoms with Gasteiger partial charge in [-0.3, -0.25) is 4.90 Å². The van der Waals surface area contributed by atoms with Gasteiger partial charge in [-0.2, -0.15) is 0 Å². The predicted molar refractivity (Wildman–Crippen MR) is 104 cm³/mol. The summed E-state index contributed by atoms with van der Waals surface area (Å²) in [7, 11) is 0. The minimum Gasteiger partial charge on any atom is -0.491 e. The van der Waals surface area contributed by atoms with Gasteiger partial charge in [0.2, 0.25) is 0 Å². The molecule has 0 saturated carbocycles. The SMILES string of the molecule is Cc1cc(O[C@H]2CN(Cc3ccc(OCCF)cc3)C[C@@H]2O)cc(C)c1C. The smallest absolute Gasteiger partial charge is 0.138 e. The van der Waals surface area contributed by atoms with Gasteiger partial charge >= 0.3 is 0 Å². The Bertz CT molecular complexity index is 740. The van der Waals surface area contributed by atoms with Crippen LogP contribution in [-0.4, -0.2) is 48.6 Å². The van der Waals surface area contributed by atoms with Crippen molar-refractivity contribution in [3.05, 3.63) is 58.7 Å². The van der Waals surface area contributed by atoms with Crippen molar-refractivity contribution in [2.75, 3.05) is 26.4 Å². The lowest BCUT2D eigenvalue weighted by molar-refractivity contribution is 0.0736. The van der Waals surface area contributed by atoms with E-state index in [0.717, 1.165) is 17.9 Å². The molecule has 4 nitrogen and oxygen atoms in total. The Balaban J connectivity index is 1.58. The molecule has 0 amide bonds. The number of aliphatic hydroxyl groups excluding tert-OH is 1. The molecule has 5 heteroatoms. The van der Waals surface area contributed by atoms with Gasteiger partial charge in [-0.1, -0.05) is 12.1 Å². The van der Waals surface area contributed by atoms with E-state index in [1.165, 1.54) is 16.7 Å². The van der Waals surface area contributed by atoms with Crippen LogP contribution < -0.4 is 9.47 Å². The predicted octanol–water partition coefficient (Wildman–Crippen LogP) is 3.58. The molecule has 0 aliphatic carbocycles. The molecular formula is C22H28FNO3. The number of aryl methyl sites for hydroxylation is 2. The summed E-state index contributed by atoms with van der Waals surface area (Å²) in [5, 5.41) is 10.4. The van der Waals surface area contributed by atoms with Crippen molar-refractivity contribution in [2.45, 2.75) is 39.5 Å². The Morgan fingerprint density at radius 1 is 1.04 bits per heavy atom. The topological polar surface area (TPSA) is 41.9 Å². The van der Waals surface area contributed by atoms with E-state index in [-0.39, 0.29) is 12.7 Å². The van der Waals surface area contributed by atoms with Crippen LogP contribution in [-0.2, 0) is 6.54 Å². The molecule has 27 heavy (non-hydrogen) atoms. The molecular weight excluding hydrogens is 345 g/mol. The molecule has 1 aliphatic rings. The number of nitrogens with zero attached hydrogens (tertiary/aromatic N) is 1. The molecule has 0 unspecified atom stereocenters. The first kappa shape index (κ1) is 19.6. The molecule has 1 aliphatic heterocycles. The van der Waals surface area contributed by atoms with Crippen LogP contribution in [0, 0.1) is 20.8 Å². The maximum Gasteiger partial charge on any atom is 0.138 e. The lowest BCUT2D eigenvalue weighted by Gasteiger charge is -2.19. The summed E-state index contributed by atoms with van der Waals surface area (Å²) in [6.45, 7) is 7.83. The maximum absolute atomic E-state index is 12.2. The lowest BCUT2D eigenvalue weighted by atomic mass is 10.0. The molecule has 0 bridgehead atoms. The molecule has 146 valence electrons. The summed E-state index contributed by atoms with van der Waals surface area (Å²) in [5.41, 5.74) is 4.79. The summed E-state index contributed by atoms with van der Waals surface area (Å²) in [6, 6.07) is 11.7. The van der Waals surface area contributed by atoms with Crippen LogP contribution in [0.25, 0.3) is 0 Å². The second-order valence-electron chi connectivity index (χ2n) is 7.28. The van der Waals surface area contributed by atoms with E-state index >= 15 is 0 Å². The van der Waals surface area contributed by atoms with Crippen molar-refractivity contribution in [1.82, 2.24) is 4.90 Å². The van der Waals surface area contributed by atoms with Crippen molar-refractivity contribution in [1.29, 1.82) is 0 Å². The molecule has 0 aromatic heterocycles. The first-order valence-electron chi connectivity index (χ1n) is 9.39. The number of hydrogen-bond donors (Lipinski definition) is 1. The van der Waals surface area contributed by atoms with Crippen LogP contribution in [0.3, 0.4) is 0 Å². The zero-order valence-corrected chi connectivity index (χ0v) is 16.2. The van der Waals surface area contributed by atoms with Gasteiger partial charge in [0.05, 0.1) is 0 Å². The molecule has 0 radical (unpaired) electrons. The summed E-state index contributed by atoms with van der Waals surface area (Å²) in [4.78, 5) is 2.18. The molecule has 3 rings (SSSR count). The number of halogens is 1. The summed E-state index contributed by atoms with van der Waals surface area (Å²) < 4.78 is 23.5. The molecule has 1 fully saturated rings. The second-order valence-corrected chi connectivity index (χ2v) is 7.28. The third-order valence-corrected chi connectivity index (χ3v) is 5.18. The average molecular weight is 373 g/mol. The zero-order valence-electron chi connectivity index (χ0n) is 16.2. The van der Waals surface area contributed by atoms with Crippen LogP contribution in [0.2, 0.25) is 0 Å². The number of hydrogen-bond acceptors (Lipinski definition) is 4. The number of likely N-dealkylation sites (tertiary alicyclic amines) is 1. The van der Waals surface area contributed by atoms with E-state index in [1.807, 2.05) is 36.4 Å². The molecule has 1 heterocycles. The highest BCUT2D eigenvalue weighted by Crippen LogP contribution is 2.25. The zero-order chi connectivity index (χ0) is 19.4. The summed E-state index contributed by atoms with van der Waals surface area (Å²) in [6.07, 6.45) is -0.752. The standard InChI is InChI=1S/C22H28FNO3/c1-15-10-20(11-16(2)17(15)3)27-22-14-24(13-21(22)25)12-18-4-6-19(7-5-18)26-9-8-23/h4-7,10-11,21-22,25H,8-9,12-14H2,1-3H3/t21-,22-/m0/s1. The summed E-state index contributed by atoms with van der Waals surface area (Å²) in [5.74, 6) is 1.49. The monoisotopic (exact) mass is 373 g/mol. The van der Waals surface area contributed by atoms with Crippen LogP contribution in [0.1, 0.15) is 22.3 Å². The maximum atomic E-state index is 12.2. The fourth-order valence-electron chi connectivity index (χ4n) is 3.42. The van der Waals surface area contributed by atoms with E-state index < -0.39 is 12.8 Å². The van der Waals surface area contributed by atoms with Crippen molar-refractivity contribution in [2.24, 2.45) is 0 Å². The molecule has 2 aromatic carbocycles. The first-order valence-corrected chi connectivity index (χ1v) is 9.39. The number of ether oxygens (including phenoxy) is 2.